The Morgan fingerprint density at radius 2 is 1.96 bits per heavy atom. The number of halogens is 2. The molecule has 0 aliphatic heterocycles. The van der Waals surface area contributed by atoms with Gasteiger partial charge in [-0.3, -0.25) is 9.59 Å². The normalized spacial score (nSPS) is 12.1. The first-order valence-electron chi connectivity index (χ1n) is 7.07. The maximum atomic E-state index is 13.6. The number of rotatable bonds is 3. The number of fused-ring (bicyclic) bond motifs is 1. The molecule has 6 nitrogen and oxygen atoms in total. The predicted octanol–water partition coefficient (Wildman–Crippen LogP) is 2.27. The zero-order valence-corrected chi connectivity index (χ0v) is 12.5. The van der Waals surface area contributed by atoms with Gasteiger partial charge in [-0.05, 0) is 31.2 Å². The summed E-state index contributed by atoms with van der Waals surface area (Å²) in [6.07, 6.45) is 0. The fourth-order valence-electron chi connectivity index (χ4n) is 2.19. The molecule has 0 unspecified atom stereocenters. The lowest BCUT2D eigenvalue weighted by Gasteiger charge is -2.14. The molecule has 3 rings (SSSR count). The second-order valence-electron chi connectivity index (χ2n) is 5.15. The van der Waals surface area contributed by atoms with Gasteiger partial charge in [0.15, 0.2) is 0 Å². The summed E-state index contributed by atoms with van der Waals surface area (Å²) in [6, 6.07) is 8.35. The van der Waals surface area contributed by atoms with Gasteiger partial charge in [0.05, 0.1) is 11.1 Å². The van der Waals surface area contributed by atoms with Crippen molar-refractivity contribution in [3.8, 4) is 0 Å². The number of amides is 1. The third-order valence-electron chi connectivity index (χ3n) is 3.53. The van der Waals surface area contributed by atoms with Crippen LogP contribution in [0.4, 0.5) is 14.5 Å². The monoisotopic (exact) mass is 330 g/mol. The zero-order valence-electron chi connectivity index (χ0n) is 12.5. The van der Waals surface area contributed by atoms with Crippen LogP contribution in [0.3, 0.4) is 0 Å². The molecule has 1 amide bonds. The summed E-state index contributed by atoms with van der Waals surface area (Å²) in [5.74, 6) is -2.34. The number of nitrogens with one attached hydrogen (secondary N) is 1. The average molecular weight is 330 g/mol. The van der Waals surface area contributed by atoms with Crippen molar-refractivity contribution in [2.45, 2.75) is 13.0 Å². The van der Waals surface area contributed by atoms with Gasteiger partial charge >= 0.3 is 0 Å². The first-order valence-corrected chi connectivity index (χ1v) is 7.07. The van der Waals surface area contributed by atoms with Gasteiger partial charge in [0.25, 0.3) is 5.56 Å². The second kappa shape index (κ2) is 6.15. The summed E-state index contributed by atoms with van der Waals surface area (Å²) in [5.41, 5.74) is -0.256. The molecule has 122 valence electrons. The summed E-state index contributed by atoms with van der Waals surface area (Å²) in [5, 5.41) is 10.3. The number of benzene rings is 2. The van der Waals surface area contributed by atoms with Crippen molar-refractivity contribution in [2.24, 2.45) is 0 Å². The van der Waals surface area contributed by atoms with E-state index in [0.29, 0.717) is 17.0 Å². The van der Waals surface area contributed by atoms with Crippen molar-refractivity contribution >= 4 is 22.5 Å². The molecule has 24 heavy (non-hydrogen) atoms. The minimum Gasteiger partial charge on any atom is -0.322 e. The molecule has 1 heterocycles. The van der Waals surface area contributed by atoms with Crippen LogP contribution in [-0.2, 0) is 4.79 Å². The Bertz CT molecular complexity index is 987. The van der Waals surface area contributed by atoms with E-state index in [1.807, 2.05) is 0 Å². The van der Waals surface area contributed by atoms with Crippen molar-refractivity contribution in [2.75, 3.05) is 5.32 Å². The SMILES string of the molecule is C[C@@H](C(=O)Nc1ccc(F)cc1F)n1nnc2ccccc2c1=O. The largest absolute Gasteiger partial charge is 0.322 e. The Labute approximate surface area is 134 Å². The van der Waals surface area contributed by atoms with Crippen LogP contribution in [0.2, 0.25) is 0 Å². The molecular weight excluding hydrogens is 318 g/mol. The molecular formula is C16H12F2N4O2. The molecule has 0 saturated heterocycles. The summed E-state index contributed by atoms with van der Waals surface area (Å²) in [7, 11) is 0. The Hall–Kier alpha value is -3.16. The Morgan fingerprint density at radius 3 is 2.71 bits per heavy atom. The van der Waals surface area contributed by atoms with Crippen LogP contribution in [0.25, 0.3) is 10.9 Å². The number of nitrogens with zero attached hydrogens (tertiary/aromatic N) is 3. The summed E-state index contributed by atoms with van der Waals surface area (Å²) in [4.78, 5) is 24.6. The molecule has 0 spiro atoms. The van der Waals surface area contributed by atoms with Gasteiger partial charge in [0, 0.05) is 6.07 Å². The molecule has 0 bridgehead atoms. The van der Waals surface area contributed by atoms with Gasteiger partial charge in [-0.1, -0.05) is 17.3 Å². The van der Waals surface area contributed by atoms with Crippen molar-refractivity contribution in [3.05, 3.63) is 64.5 Å². The molecule has 1 N–H and O–H groups in total. The first-order chi connectivity index (χ1) is 11.5. The highest BCUT2D eigenvalue weighted by molar-refractivity contribution is 5.93. The van der Waals surface area contributed by atoms with E-state index < -0.39 is 29.1 Å². The average Bonchev–Trinajstić information content (AvgIpc) is 2.57. The van der Waals surface area contributed by atoms with E-state index in [1.165, 1.54) is 6.92 Å². The van der Waals surface area contributed by atoms with Gasteiger partial charge in [-0.2, -0.15) is 4.68 Å². The van der Waals surface area contributed by atoms with Gasteiger partial charge in [-0.15, -0.1) is 5.10 Å². The van der Waals surface area contributed by atoms with Crippen molar-refractivity contribution in [1.29, 1.82) is 0 Å². The summed E-state index contributed by atoms with van der Waals surface area (Å²) < 4.78 is 27.4. The van der Waals surface area contributed by atoms with Crippen LogP contribution in [-0.4, -0.2) is 20.9 Å². The molecule has 0 aliphatic rings. The first kappa shape index (κ1) is 15.7. The molecule has 0 radical (unpaired) electrons. The van der Waals surface area contributed by atoms with Crippen molar-refractivity contribution in [1.82, 2.24) is 15.0 Å². The Morgan fingerprint density at radius 1 is 1.21 bits per heavy atom. The van der Waals surface area contributed by atoms with E-state index in [-0.39, 0.29) is 5.69 Å². The second-order valence-corrected chi connectivity index (χ2v) is 5.15. The van der Waals surface area contributed by atoms with E-state index in [9.17, 15) is 18.4 Å². The van der Waals surface area contributed by atoms with Crippen LogP contribution < -0.4 is 10.9 Å². The van der Waals surface area contributed by atoms with Gasteiger partial charge in [-0.25, -0.2) is 8.78 Å². The Balaban J connectivity index is 1.91. The molecule has 8 heteroatoms. The van der Waals surface area contributed by atoms with Crippen LogP contribution >= 0.6 is 0 Å². The van der Waals surface area contributed by atoms with Gasteiger partial charge in [0.2, 0.25) is 5.91 Å². The minimum atomic E-state index is -1.03. The lowest BCUT2D eigenvalue weighted by atomic mass is 10.2. The van der Waals surface area contributed by atoms with E-state index >= 15 is 0 Å². The van der Waals surface area contributed by atoms with Crippen LogP contribution in [0.5, 0.6) is 0 Å². The molecule has 1 aromatic heterocycles. The quantitative estimate of drug-likeness (QED) is 0.799. The standard InChI is InChI=1S/C16H12F2N4O2/c1-9(15(23)19-14-7-6-10(17)8-12(14)18)22-16(24)11-4-2-3-5-13(11)20-21-22/h2-9H,1H3,(H,19,23)/t9-/m0/s1. The zero-order chi connectivity index (χ0) is 17.3. The smallest absolute Gasteiger partial charge is 0.278 e. The van der Waals surface area contributed by atoms with Crippen molar-refractivity contribution < 1.29 is 13.6 Å². The molecule has 0 saturated carbocycles. The maximum Gasteiger partial charge on any atom is 0.278 e. The highest BCUT2D eigenvalue weighted by atomic mass is 19.1. The molecule has 3 aromatic rings. The van der Waals surface area contributed by atoms with Gasteiger partial charge in [0.1, 0.15) is 23.2 Å². The number of anilines is 1. The molecule has 0 aliphatic carbocycles. The topological polar surface area (TPSA) is 76.9 Å². The number of carbonyl (C=O) groups excluding carboxylic acids is 1. The number of hydrogen-bond donors (Lipinski definition) is 1. The lowest BCUT2D eigenvalue weighted by molar-refractivity contribution is -0.119. The predicted molar refractivity (Wildman–Crippen MR) is 83.5 cm³/mol. The van der Waals surface area contributed by atoms with Crippen LogP contribution in [0.15, 0.2) is 47.3 Å². The third kappa shape index (κ3) is 2.85. The minimum absolute atomic E-state index is 0.185. The Kier molecular flexibility index (Phi) is 4.03. The maximum absolute atomic E-state index is 13.6. The fraction of sp³-hybridized carbons (Fsp3) is 0.125. The molecule has 0 fully saturated rings. The van der Waals surface area contributed by atoms with Gasteiger partial charge < -0.3 is 5.32 Å². The number of hydrogen-bond acceptors (Lipinski definition) is 4. The van der Waals surface area contributed by atoms with E-state index in [4.69, 9.17) is 0 Å². The lowest BCUT2D eigenvalue weighted by Crippen LogP contribution is -2.34. The van der Waals surface area contributed by atoms with Crippen molar-refractivity contribution in [3.63, 3.8) is 0 Å². The third-order valence-corrected chi connectivity index (χ3v) is 3.53. The summed E-state index contributed by atoms with van der Waals surface area (Å²) >= 11 is 0. The molecule has 2 aromatic carbocycles. The van der Waals surface area contributed by atoms with Crippen LogP contribution in [0.1, 0.15) is 13.0 Å². The van der Waals surface area contributed by atoms with E-state index in [1.54, 1.807) is 24.3 Å². The summed E-state index contributed by atoms with van der Waals surface area (Å²) in [6.45, 7) is 1.43. The molecule has 1 atom stereocenters. The highest BCUT2D eigenvalue weighted by Crippen LogP contribution is 2.16. The number of aromatic nitrogens is 3. The van der Waals surface area contributed by atoms with E-state index in [0.717, 1.165) is 16.8 Å². The van der Waals surface area contributed by atoms with E-state index in [2.05, 4.69) is 15.6 Å². The number of carbonyl (C=O) groups is 1. The highest BCUT2D eigenvalue weighted by Gasteiger charge is 2.20. The fourth-order valence-corrected chi connectivity index (χ4v) is 2.19. The van der Waals surface area contributed by atoms with Crippen LogP contribution in [0, 0.1) is 11.6 Å².